The van der Waals surface area contributed by atoms with E-state index in [1.54, 1.807) is 35.1 Å². The normalized spacial score (nSPS) is 19.7. The van der Waals surface area contributed by atoms with Crippen molar-refractivity contribution in [3.05, 3.63) is 71.9 Å². The zero-order valence-corrected chi connectivity index (χ0v) is 23.4. The fourth-order valence-corrected chi connectivity index (χ4v) is 8.20. The van der Waals surface area contributed by atoms with Crippen molar-refractivity contribution >= 4 is 31.8 Å². The van der Waals surface area contributed by atoms with Gasteiger partial charge in [0.05, 0.1) is 22.1 Å². The standard InChI is InChI=1S/C28H29N5O5S2/c29-18-22(28(34)30-24-12-15-39(35,36)20-24)16-23-19-33(25-9-3-1-4-10-25)31-27(23)21-8-7-11-26(17-21)40(37,38)32-13-5-2-6-14-32/h1,3-4,7-11,16-17,19,24H,2,5-6,12-15,20H2,(H,30,34). The molecule has 0 aliphatic carbocycles. The Balaban J connectivity index is 1.53. The van der Waals surface area contributed by atoms with Gasteiger partial charge in [-0.05, 0) is 49.6 Å². The first-order valence-corrected chi connectivity index (χ1v) is 16.3. The summed E-state index contributed by atoms with van der Waals surface area (Å²) in [5.74, 6) is -0.842. The van der Waals surface area contributed by atoms with Crippen LogP contribution >= 0.6 is 0 Å². The van der Waals surface area contributed by atoms with E-state index in [2.05, 4.69) is 5.32 Å². The van der Waals surface area contributed by atoms with Crippen LogP contribution in [0.15, 0.2) is 71.3 Å². The second-order valence-corrected chi connectivity index (χ2v) is 14.1. The van der Waals surface area contributed by atoms with Crippen molar-refractivity contribution < 1.29 is 21.6 Å². The number of rotatable bonds is 7. The Bertz CT molecular complexity index is 1700. The molecule has 40 heavy (non-hydrogen) atoms. The van der Waals surface area contributed by atoms with Gasteiger partial charge in [-0.2, -0.15) is 14.7 Å². The van der Waals surface area contributed by atoms with Crippen LogP contribution in [-0.4, -0.2) is 67.5 Å². The molecule has 1 atom stereocenters. The van der Waals surface area contributed by atoms with Crippen LogP contribution < -0.4 is 5.32 Å². The Hall–Kier alpha value is -3.79. The highest BCUT2D eigenvalue weighted by Crippen LogP contribution is 2.29. The molecule has 1 amide bonds. The summed E-state index contributed by atoms with van der Waals surface area (Å²) >= 11 is 0. The van der Waals surface area contributed by atoms with Crippen molar-refractivity contribution in [2.75, 3.05) is 24.6 Å². The van der Waals surface area contributed by atoms with E-state index in [9.17, 15) is 26.9 Å². The summed E-state index contributed by atoms with van der Waals surface area (Å²) in [6.45, 7) is 0.957. The summed E-state index contributed by atoms with van der Waals surface area (Å²) in [6.07, 6.45) is 6.00. The van der Waals surface area contributed by atoms with Gasteiger partial charge in [0.25, 0.3) is 5.91 Å². The predicted molar refractivity (Wildman–Crippen MR) is 150 cm³/mol. The van der Waals surface area contributed by atoms with E-state index in [0.717, 1.165) is 24.9 Å². The summed E-state index contributed by atoms with van der Waals surface area (Å²) in [5, 5.41) is 17.2. The van der Waals surface area contributed by atoms with Crippen molar-refractivity contribution in [1.82, 2.24) is 19.4 Å². The Morgan fingerprint density at radius 3 is 2.50 bits per heavy atom. The van der Waals surface area contributed by atoms with Crippen LogP contribution in [0, 0.1) is 11.3 Å². The molecule has 208 valence electrons. The molecule has 0 spiro atoms. The lowest BCUT2D eigenvalue weighted by molar-refractivity contribution is -0.117. The van der Waals surface area contributed by atoms with Crippen LogP contribution in [0.4, 0.5) is 0 Å². The molecule has 3 aromatic rings. The number of nitrogens with one attached hydrogen (secondary N) is 1. The Kier molecular flexibility index (Phi) is 7.89. The van der Waals surface area contributed by atoms with Gasteiger partial charge >= 0.3 is 0 Å². The SMILES string of the molecule is N#CC(=Cc1cn(-c2ccccc2)nc1-c1cccc(S(=O)(=O)N2CCCCC2)c1)C(=O)NC1CCS(=O)(=O)C1. The molecule has 5 rings (SSSR count). The molecule has 10 nitrogen and oxygen atoms in total. The Morgan fingerprint density at radius 2 is 1.82 bits per heavy atom. The average molecular weight is 580 g/mol. The number of sulfonamides is 1. The number of aromatic nitrogens is 2. The summed E-state index contributed by atoms with van der Waals surface area (Å²) in [6, 6.07) is 17.1. The molecule has 12 heteroatoms. The van der Waals surface area contributed by atoms with Crippen LogP contribution in [0.25, 0.3) is 23.0 Å². The quantitative estimate of drug-likeness (QED) is 0.335. The molecule has 3 heterocycles. The number of piperidine rings is 1. The maximum Gasteiger partial charge on any atom is 0.262 e. The minimum Gasteiger partial charge on any atom is -0.348 e. The minimum atomic E-state index is -3.70. The molecule has 2 aliphatic heterocycles. The van der Waals surface area contributed by atoms with Gasteiger partial charge in [0.2, 0.25) is 10.0 Å². The van der Waals surface area contributed by atoms with E-state index in [0.29, 0.717) is 36.3 Å². The molecule has 0 bridgehead atoms. The highest BCUT2D eigenvalue weighted by atomic mass is 32.2. The topological polar surface area (TPSA) is 142 Å². The number of amides is 1. The summed E-state index contributed by atoms with van der Waals surface area (Å²) in [5.41, 5.74) is 1.86. The number of hydrogen-bond donors (Lipinski definition) is 1. The van der Waals surface area contributed by atoms with Gasteiger partial charge in [0.15, 0.2) is 9.84 Å². The molecule has 2 aliphatic rings. The van der Waals surface area contributed by atoms with Gasteiger partial charge < -0.3 is 5.32 Å². The molecule has 1 aromatic heterocycles. The lowest BCUT2D eigenvalue weighted by atomic mass is 10.1. The van der Waals surface area contributed by atoms with E-state index in [1.165, 1.54) is 10.4 Å². The number of benzene rings is 2. The van der Waals surface area contributed by atoms with Gasteiger partial charge in [0, 0.05) is 36.5 Å². The number of nitriles is 1. The zero-order valence-electron chi connectivity index (χ0n) is 21.7. The predicted octanol–water partition coefficient (Wildman–Crippen LogP) is 2.92. The molecule has 2 saturated heterocycles. The van der Waals surface area contributed by atoms with Crippen molar-refractivity contribution in [3.63, 3.8) is 0 Å². The maximum atomic E-state index is 13.4. The minimum absolute atomic E-state index is 0.00573. The van der Waals surface area contributed by atoms with E-state index >= 15 is 0 Å². The summed E-state index contributed by atoms with van der Waals surface area (Å²) in [4.78, 5) is 13.1. The number of carbonyl (C=O) groups is 1. The molecular formula is C28H29N5O5S2. The third-order valence-corrected chi connectivity index (χ3v) is 10.7. The number of sulfone groups is 1. The van der Waals surface area contributed by atoms with Gasteiger partial charge in [0.1, 0.15) is 17.3 Å². The van der Waals surface area contributed by atoms with Crippen LogP contribution in [0.2, 0.25) is 0 Å². The Morgan fingerprint density at radius 1 is 1.07 bits per heavy atom. The van der Waals surface area contributed by atoms with Crippen LogP contribution in [0.5, 0.6) is 0 Å². The molecule has 2 fully saturated rings. The molecule has 1 unspecified atom stereocenters. The summed E-state index contributed by atoms with van der Waals surface area (Å²) < 4.78 is 53.4. The van der Waals surface area contributed by atoms with Crippen LogP contribution in [-0.2, 0) is 24.7 Å². The lowest BCUT2D eigenvalue weighted by Gasteiger charge is -2.26. The third kappa shape index (κ3) is 6.01. The zero-order chi connectivity index (χ0) is 28.3. The monoisotopic (exact) mass is 579 g/mol. The van der Waals surface area contributed by atoms with Gasteiger partial charge in [-0.25, -0.2) is 21.5 Å². The molecular weight excluding hydrogens is 550 g/mol. The fourth-order valence-electron chi connectivity index (χ4n) is 4.96. The first-order chi connectivity index (χ1) is 19.2. The van der Waals surface area contributed by atoms with Gasteiger partial charge in [-0.1, -0.05) is 36.8 Å². The van der Waals surface area contributed by atoms with E-state index < -0.39 is 31.8 Å². The molecule has 0 saturated carbocycles. The van der Waals surface area contributed by atoms with Crippen molar-refractivity contribution in [2.45, 2.75) is 36.6 Å². The smallest absolute Gasteiger partial charge is 0.262 e. The lowest BCUT2D eigenvalue weighted by Crippen LogP contribution is -2.36. The summed E-state index contributed by atoms with van der Waals surface area (Å²) in [7, 11) is -6.91. The molecule has 1 N–H and O–H groups in total. The van der Waals surface area contributed by atoms with Crippen molar-refractivity contribution in [2.24, 2.45) is 0 Å². The number of para-hydroxylation sites is 1. The maximum absolute atomic E-state index is 13.4. The highest BCUT2D eigenvalue weighted by Gasteiger charge is 2.30. The second-order valence-electron chi connectivity index (χ2n) is 9.95. The van der Waals surface area contributed by atoms with Crippen LogP contribution in [0.1, 0.15) is 31.2 Å². The largest absolute Gasteiger partial charge is 0.348 e. The van der Waals surface area contributed by atoms with E-state index in [4.69, 9.17) is 5.10 Å². The number of nitrogens with zero attached hydrogens (tertiary/aromatic N) is 4. The van der Waals surface area contributed by atoms with E-state index in [1.807, 2.05) is 36.4 Å². The first kappa shape index (κ1) is 27.8. The van der Waals surface area contributed by atoms with Gasteiger partial charge in [-0.3, -0.25) is 4.79 Å². The highest BCUT2D eigenvalue weighted by molar-refractivity contribution is 7.91. The van der Waals surface area contributed by atoms with E-state index in [-0.39, 0.29) is 22.0 Å². The molecule has 0 radical (unpaired) electrons. The van der Waals surface area contributed by atoms with Crippen molar-refractivity contribution in [1.29, 1.82) is 5.26 Å². The number of carbonyl (C=O) groups excluding carboxylic acids is 1. The third-order valence-electron chi connectivity index (χ3n) is 7.06. The first-order valence-electron chi connectivity index (χ1n) is 13.0. The fraction of sp³-hybridized carbons (Fsp3) is 0.321. The average Bonchev–Trinajstić information content (AvgIpc) is 3.54. The number of hydrogen-bond acceptors (Lipinski definition) is 7. The van der Waals surface area contributed by atoms with Gasteiger partial charge in [-0.15, -0.1) is 0 Å². The Labute approximate surface area is 233 Å². The second kappa shape index (κ2) is 11.4. The van der Waals surface area contributed by atoms with Crippen molar-refractivity contribution in [3.8, 4) is 23.0 Å². The molecule has 2 aromatic carbocycles. The van der Waals surface area contributed by atoms with Crippen LogP contribution in [0.3, 0.4) is 0 Å².